The van der Waals surface area contributed by atoms with E-state index in [1.807, 2.05) is 0 Å². The second-order valence-electron chi connectivity index (χ2n) is 7.27. The van der Waals surface area contributed by atoms with Gasteiger partial charge in [0.05, 0.1) is 10.6 Å². The Morgan fingerprint density at radius 3 is 2.22 bits per heavy atom. The highest BCUT2D eigenvalue weighted by molar-refractivity contribution is 7.98. The number of hydrogen-bond acceptors (Lipinski definition) is 4. The number of rotatable bonds is 9. The lowest BCUT2D eigenvalue weighted by molar-refractivity contribution is 0.0956. The molecule has 0 aliphatic heterocycles. The number of sulfonamides is 1. The molecule has 168 valence electrons. The number of nitrogens with zero attached hydrogens (tertiary/aromatic N) is 1. The minimum Gasteiger partial charge on any atom is -0.351 e. The van der Waals surface area contributed by atoms with Crippen LogP contribution in [0.3, 0.4) is 0 Å². The molecule has 3 rings (SSSR count). The van der Waals surface area contributed by atoms with E-state index in [1.54, 1.807) is 36.0 Å². The summed E-state index contributed by atoms with van der Waals surface area (Å²) in [4.78, 5) is 12.5. The van der Waals surface area contributed by atoms with Crippen LogP contribution in [0.5, 0.6) is 0 Å². The molecule has 5 nitrogen and oxygen atoms in total. The van der Waals surface area contributed by atoms with Crippen LogP contribution < -0.4 is 9.62 Å². The fraction of sp³-hybridized carbons (Fsp3) is 0.208. The van der Waals surface area contributed by atoms with Crippen molar-refractivity contribution in [2.24, 2.45) is 0 Å². The lowest BCUT2D eigenvalue weighted by Gasteiger charge is -2.19. The molecule has 32 heavy (non-hydrogen) atoms. The Balaban J connectivity index is 1.51. The molecule has 1 amide bonds. The van der Waals surface area contributed by atoms with Crippen LogP contribution in [0.2, 0.25) is 5.02 Å². The molecule has 0 fully saturated rings. The molecule has 3 aromatic rings. The number of amides is 1. The Kier molecular flexibility index (Phi) is 8.23. The van der Waals surface area contributed by atoms with Crippen LogP contribution in [0.25, 0.3) is 0 Å². The van der Waals surface area contributed by atoms with Crippen LogP contribution in [0.4, 0.5) is 5.69 Å². The summed E-state index contributed by atoms with van der Waals surface area (Å²) in [5.74, 6) is 1.52. The van der Waals surface area contributed by atoms with Crippen molar-refractivity contribution >= 4 is 45.0 Å². The Labute approximate surface area is 198 Å². The largest absolute Gasteiger partial charge is 0.351 e. The number of halogens is 1. The summed E-state index contributed by atoms with van der Waals surface area (Å²) in [5.41, 5.74) is 3.45. The summed E-state index contributed by atoms with van der Waals surface area (Å²) in [6, 6.07) is 20.9. The number of aryl methyl sites for hydroxylation is 1. The maximum atomic E-state index is 12.8. The third-order valence-corrected chi connectivity index (χ3v) is 7.97. The van der Waals surface area contributed by atoms with Crippen molar-refractivity contribution in [2.75, 3.05) is 23.7 Å². The fourth-order valence-electron chi connectivity index (χ4n) is 2.94. The first-order valence-electron chi connectivity index (χ1n) is 10.0. The summed E-state index contributed by atoms with van der Waals surface area (Å²) in [6.45, 7) is 2.62. The van der Waals surface area contributed by atoms with Gasteiger partial charge in [0.1, 0.15) is 0 Å². The Bertz CT molecular complexity index is 1150. The quantitative estimate of drug-likeness (QED) is 0.424. The highest BCUT2D eigenvalue weighted by atomic mass is 35.5. The highest BCUT2D eigenvalue weighted by Crippen LogP contribution is 2.23. The van der Waals surface area contributed by atoms with E-state index in [2.05, 4.69) is 36.5 Å². The topological polar surface area (TPSA) is 66.5 Å². The van der Waals surface area contributed by atoms with Crippen LogP contribution in [0.15, 0.2) is 77.7 Å². The summed E-state index contributed by atoms with van der Waals surface area (Å²) >= 11 is 7.61. The Morgan fingerprint density at radius 2 is 1.59 bits per heavy atom. The lowest BCUT2D eigenvalue weighted by Crippen LogP contribution is -2.27. The van der Waals surface area contributed by atoms with Crippen molar-refractivity contribution in [3.05, 3.63) is 94.5 Å². The van der Waals surface area contributed by atoms with E-state index in [9.17, 15) is 13.2 Å². The molecule has 0 spiro atoms. The number of benzene rings is 3. The van der Waals surface area contributed by atoms with Gasteiger partial charge in [0, 0.05) is 35.7 Å². The van der Waals surface area contributed by atoms with E-state index in [1.165, 1.54) is 46.7 Å². The van der Waals surface area contributed by atoms with E-state index < -0.39 is 10.0 Å². The summed E-state index contributed by atoms with van der Waals surface area (Å²) in [5, 5.41) is 3.37. The maximum absolute atomic E-state index is 12.8. The molecule has 0 atom stereocenters. The first kappa shape index (κ1) is 24.2. The van der Waals surface area contributed by atoms with E-state index >= 15 is 0 Å². The van der Waals surface area contributed by atoms with Crippen molar-refractivity contribution in [1.29, 1.82) is 0 Å². The first-order chi connectivity index (χ1) is 15.3. The highest BCUT2D eigenvalue weighted by Gasteiger charge is 2.21. The van der Waals surface area contributed by atoms with E-state index in [4.69, 9.17) is 11.6 Å². The van der Waals surface area contributed by atoms with E-state index in [0.29, 0.717) is 22.8 Å². The van der Waals surface area contributed by atoms with E-state index in [-0.39, 0.29) is 10.8 Å². The molecule has 3 aromatic carbocycles. The Hall–Kier alpha value is -2.48. The molecule has 0 aromatic heterocycles. The zero-order valence-electron chi connectivity index (χ0n) is 17.9. The smallest absolute Gasteiger partial charge is 0.264 e. The molecule has 0 aliphatic carbocycles. The minimum atomic E-state index is -3.72. The summed E-state index contributed by atoms with van der Waals surface area (Å²) < 4.78 is 26.8. The maximum Gasteiger partial charge on any atom is 0.264 e. The van der Waals surface area contributed by atoms with Crippen molar-refractivity contribution in [1.82, 2.24) is 5.32 Å². The van der Waals surface area contributed by atoms with Crippen LogP contribution in [0, 0.1) is 6.92 Å². The minimum absolute atomic E-state index is 0.148. The third kappa shape index (κ3) is 6.28. The Morgan fingerprint density at radius 1 is 0.969 bits per heavy atom. The van der Waals surface area contributed by atoms with Gasteiger partial charge >= 0.3 is 0 Å². The normalized spacial score (nSPS) is 11.2. The molecule has 0 radical (unpaired) electrons. The van der Waals surface area contributed by atoms with Gasteiger partial charge in [-0.25, -0.2) is 8.42 Å². The number of thioether (sulfide) groups is 1. The average Bonchev–Trinajstić information content (AvgIpc) is 2.80. The molecule has 1 N–H and O–H groups in total. The first-order valence-corrected chi connectivity index (χ1v) is 13.0. The SMILES string of the molecule is Cc1ccc(CSCCNC(=O)c2ccc(N(C)S(=O)(=O)c3ccc(Cl)cc3)cc2)cc1. The van der Waals surface area contributed by atoms with E-state index in [0.717, 1.165) is 11.5 Å². The number of nitrogens with one attached hydrogen (secondary N) is 1. The van der Waals surface area contributed by atoms with Gasteiger partial charge < -0.3 is 5.32 Å². The van der Waals surface area contributed by atoms with Gasteiger partial charge in [-0.3, -0.25) is 9.10 Å². The number of carbonyl (C=O) groups is 1. The van der Waals surface area contributed by atoms with Crippen LogP contribution in [0.1, 0.15) is 21.5 Å². The molecular formula is C24H25ClN2O3S2. The molecule has 8 heteroatoms. The zero-order valence-corrected chi connectivity index (χ0v) is 20.3. The second-order valence-corrected chi connectivity index (χ2v) is 10.8. The third-order valence-electron chi connectivity index (χ3n) is 4.89. The van der Waals surface area contributed by atoms with Crippen LogP contribution >= 0.6 is 23.4 Å². The van der Waals surface area contributed by atoms with Crippen molar-refractivity contribution in [3.63, 3.8) is 0 Å². The van der Waals surface area contributed by atoms with Crippen molar-refractivity contribution in [2.45, 2.75) is 17.6 Å². The average molecular weight is 489 g/mol. The van der Waals surface area contributed by atoms with Gasteiger partial charge in [0.15, 0.2) is 0 Å². The molecule has 0 unspecified atom stereocenters. The van der Waals surface area contributed by atoms with Crippen LogP contribution in [-0.2, 0) is 15.8 Å². The van der Waals surface area contributed by atoms with Gasteiger partial charge in [0.2, 0.25) is 0 Å². The molecule has 0 heterocycles. The number of hydrogen-bond donors (Lipinski definition) is 1. The van der Waals surface area contributed by atoms with Crippen molar-refractivity contribution in [3.8, 4) is 0 Å². The molecule has 0 aliphatic rings. The van der Waals surface area contributed by atoms with Gasteiger partial charge in [-0.2, -0.15) is 11.8 Å². The zero-order chi connectivity index (χ0) is 23.1. The van der Waals surface area contributed by atoms with Crippen LogP contribution in [-0.4, -0.2) is 33.7 Å². The standard InChI is InChI=1S/C24H25ClN2O3S2/c1-18-3-5-19(6-4-18)17-31-16-15-26-24(28)20-7-11-22(12-8-20)27(2)32(29,30)23-13-9-21(25)10-14-23/h3-14H,15-17H2,1-2H3,(H,26,28). The lowest BCUT2D eigenvalue weighted by atomic mass is 10.2. The fourth-order valence-corrected chi connectivity index (χ4v) is 5.08. The van der Waals surface area contributed by atoms with Gasteiger partial charge in [-0.15, -0.1) is 0 Å². The summed E-state index contributed by atoms with van der Waals surface area (Å²) in [7, 11) is -2.24. The number of anilines is 1. The second kappa shape index (κ2) is 10.9. The van der Waals surface area contributed by atoms with Gasteiger partial charge in [-0.05, 0) is 61.0 Å². The molecule has 0 saturated carbocycles. The molecule has 0 saturated heterocycles. The van der Waals surface area contributed by atoms with Gasteiger partial charge in [-0.1, -0.05) is 41.4 Å². The molecular weight excluding hydrogens is 464 g/mol. The number of carbonyl (C=O) groups excluding carboxylic acids is 1. The van der Waals surface area contributed by atoms with Crippen molar-refractivity contribution < 1.29 is 13.2 Å². The van der Waals surface area contributed by atoms with Gasteiger partial charge in [0.25, 0.3) is 15.9 Å². The predicted octanol–water partition coefficient (Wildman–Crippen LogP) is 5.14. The summed E-state index contributed by atoms with van der Waals surface area (Å²) in [6.07, 6.45) is 0. The predicted molar refractivity (Wildman–Crippen MR) is 133 cm³/mol. The molecule has 0 bridgehead atoms. The monoisotopic (exact) mass is 488 g/mol.